The van der Waals surface area contributed by atoms with E-state index in [1.165, 1.54) is 0 Å². The van der Waals surface area contributed by atoms with Crippen molar-refractivity contribution < 1.29 is 9.84 Å². The summed E-state index contributed by atoms with van der Waals surface area (Å²) in [6.45, 7) is 4.06. The average Bonchev–Trinajstić information content (AvgIpc) is 2.76. The first-order valence-electron chi connectivity index (χ1n) is 6.29. The molecule has 0 radical (unpaired) electrons. The normalized spacial score (nSPS) is 15.0. The van der Waals surface area contributed by atoms with Crippen molar-refractivity contribution >= 4 is 21.9 Å². The molecule has 5 heteroatoms. The Bertz CT molecular complexity index is 807. The van der Waals surface area contributed by atoms with Crippen LogP contribution < -0.4 is 0 Å². The van der Waals surface area contributed by atoms with Crippen LogP contribution in [0.1, 0.15) is 11.4 Å². The van der Waals surface area contributed by atoms with Crippen molar-refractivity contribution in [1.82, 2.24) is 14.5 Å². The van der Waals surface area contributed by atoms with Crippen LogP contribution in [-0.2, 0) is 17.9 Å². The number of phenols is 1. The number of imidazole rings is 1. The standard InChI is InChI=1S/C14H13N3O2/c1-8-4-9(18)5-10-13(8)14-11(6-15-10)16-12-7-19-3-2-17(12)14/h4-6,18H,2-3,7H2,1H3. The molecule has 0 saturated carbocycles. The van der Waals surface area contributed by atoms with E-state index in [2.05, 4.69) is 14.5 Å². The second-order valence-corrected chi connectivity index (χ2v) is 4.88. The zero-order chi connectivity index (χ0) is 13.0. The van der Waals surface area contributed by atoms with Gasteiger partial charge in [-0.25, -0.2) is 4.98 Å². The summed E-state index contributed by atoms with van der Waals surface area (Å²) in [5, 5.41) is 10.8. The summed E-state index contributed by atoms with van der Waals surface area (Å²) in [7, 11) is 0. The van der Waals surface area contributed by atoms with Crippen molar-refractivity contribution in [2.45, 2.75) is 20.1 Å². The molecule has 0 amide bonds. The first kappa shape index (κ1) is 10.8. The third-order valence-corrected chi connectivity index (χ3v) is 3.63. The Morgan fingerprint density at radius 1 is 1.32 bits per heavy atom. The average molecular weight is 255 g/mol. The van der Waals surface area contributed by atoms with Gasteiger partial charge >= 0.3 is 0 Å². The van der Waals surface area contributed by atoms with Gasteiger partial charge in [-0.1, -0.05) is 0 Å². The molecule has 3 heterocycles. The summed E-state index contributed by atoms with van der Waals surface area (Å²) in [4.78, 5) is 8.98. The molecular formula is C14H13N3O2. The summed E-state index contributed by atoms with van der Waals surface area (Å²) in [6, 6.07) is 3.46. The molecule has 2 aromatic heterocycles. The highest BCUT2D eigenvalue weighted by molar-refractivity contribution is 6.04. The zero-order valence-electron chi connectivity index (χ0n) is 10.6. The van der Waals surface area contributed by atoms with Crippen LogP contribution in [0.3, 0.4) is 0 Å². The molecule has 0 aliphatic carbocycles. The fourth-order valence-corrected chi connectivity index (χ4v) is 2.83. The Kier molecular flexibility index (Phi) is 2.08. The van der Waals surface area contributed by atoms with E-state index in [1.54, 1.807) is 18.3 Å². The molecule has 5 nitrogen and oxygen atoms in total. The fourth-order valence-electron chi connectivity index (χ4n) is 2.83. The van der Waals surface area contributed by atoms with E-state index in [-0.39, 0.29) is 5.75 Å². The maximum Gasteiger partial charge on any atom is 0.136 e. The quantitative estimate of drug-likeness (QED) is 0.668. The van der Waals surface area contributed by atoms with E-state index in [9.17, 15) is 5.11 Å². The summed E-state index contributed by atoms with van der Waals surface area (Å²) in [5.74, 6) is 1.20. The van der Waals surface area contributed by atoms with Gasteiger partial charge in [-0.05, 0) is 18.6 Å². The lowest BCUT2D eigenvalue weighted by molar-refractivity contribution is 0.0831. The van der Waals surface area contributed by atoms with Crippen LogP contribution in [0.15, 0.2) is 18.3 Å². The maximum absolute atomic E-state index is 9.69. The van der Waals surface area contributed by atoms with Crippen LogP contribution in [0, 0.1) is 6.92 Å². The predicted molar refractivity (Wildman–Crippen MR) is 71.1 cm³/mol. The number of ether oxygens (including phenoxy) is 1. The smallest absolute Gasteiger partial charge is 0.136 e. The van der Waals surface area contributed by atoms with Gasteiger partial charge in [0.05, 0.1) is 23.8 Å². The van der Waals surface area contributed by atoms with Gasteiger partial charge in [0.2, 0.25) is 0 Å². The second kappa shape index (κ2) is 3.68. The number of aromatic nitrogens is 3. The molecule has 0 saturated heterocycles. The molecule has 1 aliphatic rings. The Labute approximate surface area is 109 Å². The minimum Gasteiger partial charge on any atom is -0.508 e. The highest BCUT2D eigenvalue weighted by Crippen LogP contribution is 2.31. The zero-order valence-corrected chi connectivity index (χ0v) is 10.6. The number of hydrogen-bond acceptors (Lipinski definition) is 4. The number of aromatic hydroxyl groups is 1. The Morgan fingerprint density at radius 3 is 3.11 bits per heavy atom. The van der Waals surface area contributed by atoms with Crippen molar-refractivity contribution in [3.05, 3.63) is 29.7 Å². The first-order chi connectivity index (χ1) is 9.24. The number of fused-ring (bicyclic) bond motifs is 5. The molecule has 19 heavy (non-hydrogen) atoms. The summed E-state index contributed by atoms with van der Waals surface area (Å²) >= 11 is 0. The van der Waals surface area contributed by atoms with Gasteiger partial charge in [-0.3, -0.25) is 4.98 Å². The SMILES string of the molecule is Cc1cc(O)cc2ncc3nc4n(c3c12)CCOC4. The molecular weight excluding hydrogens is 242 g/mol. The number of aryl methyl sites for hydroxylation is 1. The van der Waals surface area contributed by atoms with E-state index in [4.69, 9.17) is 4.74 Å². The lowest BCUT2D eigenvalue weighted by atomic mass is 10.1. The minimum absolute atomic E-state index is 0.249. The molecule has 1 N–H and O–H groups in total. The Morgan fingerprint density at radius 2 is 2.21 bits per heavy atom. The van der Waals surface area contributed by atoms with Crippen molar-refractivity contribution in [1.29, 1.82) is 0 Å². The van der Waals surface area contributed by atoms with Gasteiger partial charge in [0.25, 0.3) is 0 Å². The van der Waals surface area contributed by atoms with E-state index in [1.807, 2.05) is 6.92 Å². The maximum atomic E-state index is 9.69. The molecule has 96 valence electrons. The van der Waals surface area contributed by atoms with Crippen molar-refractivity contribution in [2.24, 2.45) is 0 Å². The molecule has 0 atom stereocenters. The lowest BCUT2D eigenvalue weighted by Crippen LogP contribution is -2.16. The van der Waals surface area contributed by atoms with Gasteiger partial charge < -0.3 is 14.4 Å². The summed E-state index contributed by atoms with van der Waals surface area (Å²) in [5.41, 5.74) is 3.81. The molecule has 1 aromatic carbocycles. The second-order valence-electron chi connectivity index (χ2n) is 4.88. The lowest BCUT2D eigenvalue weighted by Gasteiger charge is -2.16. The minimum atomic E-state index is 0.249. The van der Waals surface area contributed by atoms with Crippen LogP contribution in [-0.4, -0.2) is 26.2 Å². The van der Waals surface area contributed by atoms with Crippen molar-refractivity contribution in [2.75, 3.05) is 6.61 Å². The monoisotopic (exact) mass is 255 g/mol. The van der Waals surface area contributed by atoms with Crippen molar-refractivity contribution in [3.8, 4) is 5.75 Å². The third kappa shape index (κ3) is 1.45. The van der Waals surface area contributed by atoms with Gasteiger partial charge in [-0.2, -0.15) is 0 Å². The van der Waals surface area contributed by atoms with E-state index >= 15 is 0 Å². The first-order valence-corrected chi connectivity index (χ1v) is 6.29. The number of benzene rings is 1. The summed E-state index contributed by atoms with van der Waals surface area (Å²) < 4.78 is 7.64. The highest BCUT2D eigenvalue weighted by atomic mass is 16.5. The van der Waals surface area contributed by atoms with Crippen LogP contribution in [0.4, 0.5) is 0 Å². The topological polar surface area (TPSA) is 60.2 Å². The molecule has 0 bridgehead atoms. The summed E-state index contributed by atoms with van der Waals surface area (Å²) in [6.07, 6.45) is 1.77. The van der Waals surface area contributed by atoms with Gasteiger partial charge in [-0.15, -0.1) is 0 Å². The Balaban J connectivity index is 2.21. The highest BCUT2D eigenvalue weighted by Gasteiger charge is 2.18. The van der Waals surface area contributed by atoms with Crippen LogP contribution in [0.25, 0.3) is 21.9 Å². The molecule has 4 rings (SSSR count). The van der Waals surface area contributed by atoms with Crippen LogP contribution in [0.5, 0.6) is 5.75 Å². The molecule has 0 fully saturated rings. The number of pyridine rings is 1. The molecule has 3 aromatic rings. The number of hydrogen-bond donors (Lipinski definition) is 1. The van der Waals surface area contributed by atoms with Crippen LogP contribution >= 0.6 is 0 Å². The number of phenolic OH excluding ortho intramolecular Hbond substituents is 1. The Hall–Kier alpha value is -2.14. The van der Waals surface area contributed by atoms with Crippen molar-refractivity contribution in [3.63, 3.8) is 0 Å². The van der Waals surface area contributed by atoms with Crippen LogP contribution in [0.2, 0.25) is 0 Å². The van der Waals surface area contributed by atoms with Gasteiger partial charge in [0.1, 0.15) is 23.7 Å². The third-order valence-electron chi connectivity index (χ3n) is 3.63. The fraction of sp³-hybridized carbons (Fsp3) is 0.286. The largest absolute Gasteiger partial charge is 0.508 e. The van der Waals surface area contributed by atoms with E-state index < -0.39 is 0 Å². The number of rotatable bonds is 0. The molecule has 0 spiro atoms. The number of nitrogens with zero attached hydrogens (tertiary/aromatic N) is 3. The predicted octanol–water partition coefficient (Wildman–Crippen LogP) is 2.13. The van der Waals surface area contributed by atoms with E-state index in [0.29, 0.717) is 13.2 Å². The molecule has 1 aliphatic heterocycles. The molecule has 0 unspecified atom stereocenters. The van der Waals surface area contributed by atoms with Gasteiger partial charge in [0.15, 0.2) is 0 Å². The van der Waals surface area contributed by atoms with Gasteiger partial charge in [0, 0.05) is 18.0 Å². The van der Waals surface area contributed by atoms with E-state index in [0.717, 1.165) is 39.9 Å².